The van der Waals surface area contributed by atoms with E-state index in [0.717, 1.165) is 39.8 Å². The first-order chi connectivity index (χ1) is 13.3. The highest BCUT2D eigenvalue weighted by molar-refractivity contribution is 7.99. The van der Waals surface area contributed by atoms with E-state index in [2.05, 4.69) is 10.3 Å². The maximum atomic E-state index is 12.8. The summed E-state index contributed by atoms with van der Waals surface area (Å²) < 4.78 is 1.56. The number of nitrogens with zero attached hydrogens (tertiary/aromatic N) is 2. The number of carbonyl (C=O) groups excluding carboxylic acids is 1. The number of thioether (sulfide) groups is 1. The smallest absolute Gasteiger partial charge is 0.287 e. The first-order valence-electron chi connectivity index (χ1n) is 9.00. The first kappa shape index (κ1) is 19.9. The molecule has 6 heteroatoms. The number of aryl methyl sites for hydroxylation is 4. The third-order valence-corrected chi connectivity index (χ3v) is 5.38. The van der Waals surface area contributed by atoms with Crippen LogP contribution in [0.3, 0.4) is 0 Å². The van der Waals surface area contributed by atoms with Crippen LogP contribution in [0.2, 0.25) is 0 Å². The molecule has 0 fully saturated rings. The van der Waals surface area contributed by atoms with Gasteiger partial charge in [0.05, 0.1) is 5.75 Å². The number of amides is 1. The average molecular weight is 394 g/mol. The van der Waals surface area contributed by atoms with E-state index in [0.29, 0.717) is 5.03 Å². The molecule has 0 unspecified atom stereocenters. The predicted molar refractivity (Wildman–Crippen MR) is 115 cm³/mol. The molecule has 5 nitrogen and oxygen atoms in total. The topological polar surface area (TPSA) is 64.0 Å². The Morgan fingerprint density at radius 1 is 1.04 bits per heavy atom. The van der Waals surface area contributed by atoms with Crippen molar-refractivity contribution in [2.45, 2.75) is 32.7 Å². The molecule has 0 spiro atoms. The quantitative estimate of drug-likeness (QED) is 0.660. The molecule has 0 saturated heterocycles. The van der Waals surface area contributed by atoms with Crippen molar-refractivity contribution < 1.29 is 4.79 Å². The molecule has 3 aromatic rings. The van der Waals surface area contributed by atoms with Crippen LogP contribution in [0.25, 0.3) is 5.69 Å². The predicted octanol–water partition coefficient (Wildman–Crippen LogP) is 4.20. The van der Waals surface area contributed by atoms with Crippen molar-refractivity contribution in [2.75, 3.05) is 11.1 Å². The molecule has 0 bridgehead atoms. The van der Waals surface area contributed by atoms with Crippen LogP contribution in [-0.2, 0) is 4.79 Å². The molecule has 0 aliphatic heterocycles. The van der Waals surface area contributed by atoms with E-state index in [9.17, 15) is 9.59 Å². The lowest BCUT2D eigenvalue weighted by atomic mass is 10.1. The van der Waals surface area contributed by atoms with Gasteiger partial charge in [-0.2, -0.15) is 0 Å². The Morgan fingerprint density at radius 3 is 2.43 bits per heavy atom. The second-order valence-corrected chi connectivity index (χ2v) is 7.85. The molecule has 1 heterocycles. The van der Waals surface area contributed by atoms with E-state index in [1.807, 2.05) is 64.1 Å². The van der Waals surface area contributed by atoms with Gasteiger partial charge in [0.1, 0.15) is 0 Å². The molecule has 0 aliphatic rings. The van der Waals surface area contributed by atoms with Crippen LogP contribution in [0.15, 0.2) is 58.6 Å². The lowest BCUT2D eigenvalue weighted by molar-refractivity contribution is -0.113. The van der Waals surface area contributed by atoms with Crippen molar-refractivity contribution in [2.24, 2.45) is 0 Å². The van der Waals surface area contributed by atoms with Crippen LogP contribution in [0, 0.1) is 27.7 Å². The van der Waals surface area contributed by atoms with E-state index in [1.54, 1.807) is 17.0 Å². The molecule has 1 N–H and O–H groups in total. The largest absolute Gasteiger partial charge is 0.325 e. The summed E-state index contributed by atoms with van der Waals surface area (Å²) in [7, 11) is 0. The molecule has 3 rings (SSSR count). The van der Waals surface area contributed by atoms with Gasteiger partial charge in [0.2, 0.25) is 5.91 Å². The zero-order valence-corrected chi connectivity index (χ0v) is 17.3. The number of aromatic nitrogens is 2. The molecule has 144 valence electrons. The van der Waals surface area contributed by atoms with Crippen LogP contribution >= 0.6 is 11.8 Å². The molecule has 0 saturated carbocycles. The van der Waals surface area contributed by atoms with Crippen molar-refractivity contribution in [1.29, 1.82) is 0 Å². The lowest BCUT2D eigenvalue weighted by Gasteiger charge is -2.10. The van der Waals surface area contributed by atoms with E-state index >= 15 is 0 Å². The fourth-order valence-electron chi connectivity index (χ4n) is 2.95. The Bertz CT molecular complexity index is 1070. The zero-order chi connectivity index (χ0) is 20.3. The van der Waals surface area contributed by atoms with Crippen LogP contribution in [0.5, 0.6) is 0 Å². The number of hydrogen-bond acceptors (Lipinski definition) is 4. The summed E-state index contributed by atoms with van der Waals surface area (Å²) >= 11 is 1.14. The summed E-state index contributed by atoms with van der Waals surface area (Å²) in [6.07, 6.45) is 3.23. The monoisotopic (exact) mass is 393 g/mol. The second-order valence-electron chi connectivity index (χ2n) is 6.89. The highest BCUT2D eigenvalue weighted by Crippen LogP contribution is 2.17. The fraction of sp³-hybridized carbons (Fsp3) is 0.227. The van der Waals surface area contributed by atoms with Crippen LogP contribution in [0.4, 0.5) is 5.69 Å². The number of anilines is 1. The third-order valence-electron chi connectivity index (χ3n) is 4.42. The Hall–Kier alpha value is -2.86. The van der Waals surface area contributed by atoms with E-state index < -0.39 is 0 Å². The van der Waals surface area contributed by atoms with Crippen LogP contribution < -0.4 is 10.9 Å². The van der Waals surface area contributed by atoms with Gasteiger partial charge in [0.15, 0.2) is 5.03 Å². The average Bonchev–Trinajstić information content (AvgIpc) is 2.62. The molecule has 28 heavy (non-hydrogen) atoms. The maximum Gasteiger partial charge on any atom is 0.287 e. The van der Waals surface area contributed by atoms with Gasteiger partial charge in [-0.1, -0.05) is 23.9 Å². The van der Waals surface area contributed by atoms with Crippen molar-refractivity contribution in [3.8, 4) is 5.69 Å². The maximum absolute atomic E-state index is 12.8. The van der Waals surface area contributed by atoms with Crippen molar-refractivity contribution in [3.05, 3.63) is 81.4 Å². The van der Waals surface area contributed by atoms with Crippen molar-refractivity contribution >= 4 is 23.4 Å². The summed E-state index contributed by atoms with van der Waals surface area (Å²) in [6, 6.07) is 11.8. The van der Waals surface area contributed by atoms with Gasteiger partial charge in [-0.05, 0) is 74.2 Å². The van der Waals surface area contributed by atoms with Crippen LogP contribution in [-0.4, -0.2) is 21.2 Å². The van der Waals surface area contributed by atoms with Crippen molar-refractivity contribution in [3.63, 3.8) is 0 Å². The summed E-state index contributed by atoms with van der Waals surface area (Å²) in [5.74, 6) is -0.0515. The van der Waals surface area contributed by atoms with Gasteiger partial charge in [0, 0.05) is 23.8 Å². The lowest BCUT2D eigenvalue weighted by Crippen LogP contribution is -2.22. The minimum absolute atomic E-state index is 0.117. The van der Waals surface area contributed by atoms with Crippen molar-refractivity contribution in [1.82, 2.24) is 9.55 Å². The SMILES string of the molecule is Cc1cc(C)cc(NC(=O)CSc2nccn(-c3ccc(C)c(C)c3)c2=O)c1. The summed E-state index contributed by atoms with van der Waals surface area (Å²) in [4.78, 5) is 29.2. The van der Waals surface area contributed by atoms with Gasteiger partial charge in [-0.25, -0.2) is 4.98 Å². The number of nitrogens with one attached hydrogen (secondary N) is 1. The highest BCUT2D eigenvalue weighted by atomic mass is 32.2. The van der Waals surface area contributed by atoms with E-state index in [-0.39, 0.29) is 17.2 Å². The molecule has 1 amide bonds. The summed E-state index contributed by atoms with van der Waals surface area (Å²) in [6.45, 7) is 8.02. The number of benzene rings is 2. The van der Waals surface area contributed by atoms with E-state index in [4.69, 9.17) is 0 Å². The molecule has 1 aromatic heterocycles. The highest BCUT2D eigenvalue weighted by Gasteiger charge is 2.11. The van der Waals surface area contributed by atoms with Crippen LogP contribution in [0.1, 0.15) is 22.3 Å². The normalized spacial score (nSPS) is 10.7. The Labute approximate surface area is 168 Å². The Kier molecular flexibility index (Phi) is 5.99. The fourth-order valence-corrected chi connectivity index (χ4v) is 3.65. The van der Waals surface area contributed by atoms with E-state index in [1.165, 1.54) is 5.56 Å². The molecule has 0 atom stereocenters. The number of rotatable bonds is 5. The van der Waals surface area contributed by atoms with Gasteiger partial charge in [-0.15, -0.1) is 0 Å². The molecule has 2 aromatic carbocycles. The molecular formula is C22H23N3O2S. The molecular weight excluding hydrogens is 370 g/mol. The number of hydrogen-bond donors (Lipinski definition) is 1. The second kappa shape index (κ2) is 8.44. The molecule has 0 aliphatic carbocycles. The molecule has 0 radical (unpaired) electrons. The third kappa shape index (κ3) is 4.70. The minimum atomic E-state index is -0.227. The minimum Gasteiger partial charge on any atom is -0.325 e. The van der Waals surface area contributed by atoms with Gasteiger partial charge >= 0.3 is 0 Å². The Balaban J connectivity index is 1.73. The Morgan fingerprint density at radius 2 is 1.75 bits per heavy atom. The number of carbonyl (C=O) groups is 1. The van der Waals surface area contributed by atoms with Gasteiger partial charge < -0.3 is 5.32 Å². The zero-order valence-electron chi connectivity index (χ0n) is 16.4. The van der Waals surface area contributed by atoms with Gasteiger partial charge in [0.25, 0.3) is 5.56 Å². The summed E-state index contributed by atoms with van der Waals surface area (Å²) in [5, 5.41) is 3.18. The standard InChI is InChI=1S/C22H23N3O2S/c1-14-9-15(2)11-18(10-14)24-20(26)13-28-21-22(27)25(8-7-23-21)19-6-5-16(3)17(4)12-19/h5-12H,13H2,1-4H3,(H,24,26). The summed E-state index contributed by atoms with van der Waals surface area (Å²) in [5.41, 5.74) is 5.78. The van der Waals surface area contributed by atoms with Gasteiger partial charge in [-0.3, -0.25) is 14.2 Å². The first-order valence-corrected chi connectivity index (χ1v) is 9.98.